The molecule has 1 saturated heterocycles. The van der Waals surface area contributed by atoms with Crippen LogP contribution in [0.2, 0.25) is 0 Å². The second kappa shape index (κ2) is 14.1. The van der Waals surface area contributed by atoms with Crippen LogP contribution in [-0.4, -0.2) is 59.1 Å². The lowest BCUT2D eigenvalue weighted by atomic mass is 10.1. The highest BCUT2D eigenvalue weighted by Gasteiger charge is 2.18. The highest BCUT2D eigenvalue weighted by atomic mass is 32.2. The summed E-state index contributed by atoms with van der Waals surface area (Å²) in [6.07, 6.45) is 7.47. The Kier molecular flexibility index (Phi) is 9.82. The molecule has 5 aromatic rings. The van der Waals surface area contributed by atoms with Crippen molar-refractivity contribution in [3.8, 4) is 11.3 Å². The molecule has 0 aliphatic carbocycles. The van der Waals surface area contributed by atoms with Crippen molar-refractivity contribution in [2.45, 2.75) is 30.7 Å². The summed E-state index contributed by atoms with van der Waals surface area (Å²) in [5, 5.41) is 11.3. The second-order valence-electron chi connectivity index (χ2n) is 10.3. The molecule has 2 aromatic heterocycles. The fourth-order valence-electron chi connectivity index (χ4n) is 5.25. The van der Waals surface area contributed by atoms with Gasteiger partial charge in [-0.2, -0.15) is 0 Å². The first-order chi connectivity index (χ1) is 21.4. The van der Waals surface area contributed by atoms with Crippen molar-refractivity contribution in [2.24, 2.45) is 0 Å². The van der Waals surface area contributed by atoms with Gasteiger partial charge in [0, 0.05) is 46.6 Å². The SMILES string of the molecule is O=CO.O=S(=O)(Nc1ccc(Nc2cc(-c3ccc4c(ccn4CCCN4CCCC4)c3)ncn2)cc1)c1ccccc1F. The third kappa shape index (κ3) is 7.57. The van der Waals surface area contributed by atoms with Crippen molar-refractivity contribution in [1.29, 1.82) is 0 Å². The maximum atomic E-state index is 14.0. The summed E-state index contributed by atoms with van der Waals surface area (Å²) in [6, 6.07) is 22.3. The average Bonchev–Trinajstić information content (AvgIpc) is 3.69. The maximum absolute atomic E-state index is 14.0. The Morgan fingerprint density at radius 3 is 2.39 bits per heavy atom. The van der Waals surface area contributed by atoms with E-state index in [1.807, 2.05) is 6.07 Å². The maximum Gasteiger partial charge on any atom is 0.290 e. The van der Waals surface area contributed by atoms with Crippen molar-refractivity contribution in [1.82, 2.24) is 19.4 Å². The zero-order valence-electron chi connectivity index (χ0n) is 23.9. The molecule has 44 heavy (non-hydrogen) atoms. The van der Waals surface area contributed by atoms with Crippen LogP contribution in [0.5, 0.6) is 0 Å². The first-order valence-corrected chi connectivity index (χ1v) is 15.7. The van der Waals surface area contributed by atoms with Crippen LogP contribution in [-0.2, 0) is 21.4 Å². The van der Waals surface area contributed by atoms with Crippen molar-refractivity contribution >= 4 is 44.6 Å². The monoisotopic (exact) mass is 616 g/mol. The molecule has 3 N–H and O–H groups in total. The van der Waals surface area contributed by atoms with Gasteiger partial charge in [-0.3, -0.25) is 9.52 Å². The first kappa shape index (κ1) is 30.6. The number of aromatic nitrogens is 3. The van der Waals surface area contributed by atoms with E-state index in [1.54, 1.807) is 24.3 Å². The van der Waals surface area contributed by atoms with Gasteiger partial charge in [0.15, 0.2) is 0 Å². The molecule has 1 aliphatic heterocycles. The molecule has 0 saturated carbocycles. The minimum Gasteiger partial charge on any atom is -0.483 e. The Hall–Kier alpha value is -4.81. The van der Waals surface area contributed by atoms with E-state index in [0.29, 0.717) is 17.2 Å². The van der Waals surface area contributed by atoms with Gasteiger partial charge in [0.2, 0.25) is 0 Å². The fraction of sp³-hybridized carbons (Fsp3) is 0.219. The summed E-state index contributed by atoms with van der Waals surface area (Å²) in [6.45, 7) is 4.37. The molecule has 0 atom stereocenters. The standard InChI is InChI=1S/C31H31FN6O2S.CH2O2/c32-27-6-1-2-7-30(27)41(39,40)36-26-11-9-25(10-12-26)35-31-21-28(33-22-34-31)23-8-13-29-24(20-23)14-19-38(29)18-5-17-37-15-3-4-16-37;2-1-3/h1-2,6-14,19-22,36H,3-5,15-18H2,(H,33,34,35);1H,(H,2,3). The molecule has 0 spiro atoms. The number of fused-ring (bicyclic) bond motifs is 1. The predicted octanol–water partition coefficient (Wildman–Crippen LogP) is 5.97. The quantitative estimate of drug-likeness (QED) is 0.164. The molecule has 1 fully saturated rings. The second-order valence-corrected chi connectivity index (χ2v) is 12.0. The molecule has 3 aromatic carbocycles. The minimum atomic E-state index is -4.04. The van der Waals surface area contributed by atoms with E-state index in [-0.39, 0.29) is 6.47 Å². The number of aryl methyl sites for hydroxylation is 1. The number of rotatable bonds is 10. The lowest BCUT2D eigenvalue weighted by Gasteiger charge is -2.14. The molecule has 6 rings (SSSR count). The molecule has 228 valence electrons. The van der Waals surface area contributed by atoms with E-state index >= 15 is 0 Å². The first-order valence-electron chi connectivity index (χ1n) is 14.2. The van der Waals surface area contributed by atoms with Crippen molar-refractivity contribution in [3.63, 3.8) is 0 Å². The van der Waals surface area contributed by atoms with Crippen LogP contribution >= 0.6 is 0 Å². The third-order valence-corrected chi connectivity index (χ3v) is 8.76. The fourth-order valence-corrected chi connectivity index (χ4v) is 6.39. The number of benzene rings is 3. The summed E-state index contributed by atoms with van der Waals surface area (Å²) in [7, 11) is -4.04. The Morgan fingerprint density at radius 1 is 0.909 bits per heavy atom. The highest BCUT2D eigenvalue weighted by molar-refractivity contribution is 7.92. The lowest BCUT2D eigenvalue weighted by Crippen LogP contribution is -2.21. The van der Waals surface area contributed by atoms with E-state index in [9.17, 15) is 12.8 Å². The number of nitrogens with one attached hydrogen (secondary N) is 2. The number of sulfonamides is 1. The summed E-state index contributed by atoms with van der Waals surface area (Å²) in [5.41, 5.74) is 4.04. The van der Waals surface area contributed by atoms with Gasteiger partial charge in [0.25, 0.3) is 16.5 Å². The predicted molar refractivity (Wildman–Crippen MR) is 169 cm³/mol. The molecule has 0 unspecified atom stereocenters. The molecular formula is C32H33FN6O4S. The highest BCUT2D eigenvalue weighted by Crippen LogP contribution is 2.27. The molecular weight excluding hydrogens is 583 g/mol. The van der Waals surface area contributed by atoms with Crippen LogP contribution in [0.4, 0.5) is 21.6 Å². The van der Waals surface area contributed by atoms with Gasteiger partial charge in [-0.25, -0.2) is 22.8 Å². The van der Waals surface area contributed by atoms with E-state index in [4.69, 9.17) is 9.90 Å². The van der Waals surface area contributed by atoms with Crippen LogP contribution in [0.1, 0.15) is 19.3 Å². The average molecular weight is 617 g/mol. The number of likely N-dealkylation sites (tertiary alicyclic amines) is 1. The van der Waals surface area contributed by atoms with E-state index in [0.717, 1.165) is 36.8 Å². The smallest absolute Gasteiger partial charge is 0.290 e. The van der Waals surface area contributed by atoms with Gasteiger partial charge >= 0.3 is 0 Å². The lowest BCUT2D eigenvalue weighted by molar-refractivity contribution is -0.122. The number of carboxylic acid groups (broad SMARTS) is 1. The number of hydrogen-bond acceptors (Lipinski definition) is 7. The molecule has 0 radical (unpaired) electrons. The van der Waals surface area contributed by atoms with Gasteiger partial charge in [-0.1, -0.05) is 18.2 Å². The molecule has 12 heteroatoms. The number of nitrogens with zero attached hydrogens (tertiary/aromatic N) is 4. The van der Waals surface area contributed by atoms with Gasteiger partial charge in [0.05, 0.1) is 5.69 Å². The topological polar surface area (TPSA) is 129 Å². The van der Waals surface area contributed by atoms with E-state index in [2.05, 4.69) is 59.9 Å². The minimum absolute atomic E-state index is 0.250. The van der Waals surface area contributed by atoms with Crippen LogP contribution in [0.25, 0.3) is 22.2 Å². The van der Waals surface area contributed by atoms with E-state index < -0.39 is 20.7 Å². The Balaban J connectivity index is 0.00000123. The normalized spacial score (nSPS) is 13.3. The van der Waals surface area contributed by atoms with Crippen LogP contribution in [0.3, 0.4) is 0 Å². The number of halogens is 1. The zero-order chi connectivity index (χ0) is 30.9. The largest absolute Gasteiger partial charge is 0.483 e. The van der Waals surface area contributed by atoms with Gasteiger partial charge < -0.3 is 19.9 Å². The molecule has 0 bridgehead atoms. The van der Waals surface area contributed by atoms with Crippen LogP contribution < -0.4 is 10.0 Å². The molecule has 0 amide bonds. The molecule has 1 aliphatic rings. The Morgan fingerprint density at radius 2 is 1.64 bits per heavy atom. The van der Waals surface area contributed by atoms with Gasteiger partial charge in [-0.05, 0) is 93.5 Å². The Bertz CT molecular complexity index is 1820. The van der Waals surface area contributed by atoms with Crippen molar-refractivity contribution in [2.75, 3.05) is 29.7 Å². The van der Waals surface area contributed by atoms with Gasteiger partial charge in [0.1, 0.15) is 22.9 Å². The van der Waals surface area contributed by atoms with E-state index in [1.165, 1.54) is 61.4 Å². The molecule has 10 nitrogen and oxygen atoms in total. The summed E-state index contributed by atoms with van der Waals surface area (Å²) >= 11 is 0. The summed E-state index contributed by atoms with van der Waals surface area (Å²) < 4.78 is 43.8. The van der Waals surface area contributed by atoms with Crippen LogP contribution in [0, 0.1) is 5.82 Å². The Labute approximate surface area is 255 Å². The number of carbonyl (C=O) groups is 1. The summed E-state index contributed by atoms with van der Waals surface area (Å²) in [4.78, 5) is 19.3. The third-order valence-electron chi connectivity index (χ3n) is 7.34. The zero-order valence-corrected chi connectivity index (χ0v) is 24.8. The summed E-state index contributed by atoms with van der Waals surface area (Å²) in [5.74, 6) is -0.197. The van der Waals surface area contributed by atoms with Crippen molar-refractivity contribution < 1.29 is 22.7 Å². The van der Waals surface area contributed by atoms with Gasteiger partial charge in [-0.15, -0.1) is 0 Å². The van der Waals surface area contributed by atoms with Crippen molar-refractivity contribution in [3.05, 3.63) is 97.2 Å². The van der Waals surface area contributed by atoms with Crippen LogP contribution in [0.15, 0.2) is 96.3 Å². The number of hydrogen-bond donors (Lipinski definition) is 3. The molecule has 3 heterocycles. The number of anilines is 3.